The van der Waals surface area contributed by atoms with Crippen molar-refractivity contribution in [1.82, 2.24) is 20.2 Å². The molecule has 9 nitrogen and oxygen atoms in total. The molecule has 0 saturated heterocycles. The molecule has 0 aliphatic carbocycles. The summed E-state index contributed by atoms with van der Waals surface area (Å²) >= 11 is 0. The molecule has 1 amide bonds. The number of amides is 1. The van der Waals surface area contributed by atoms with E-state index in [1.54, 1.807) is 72.8 Å². The number of nitrogens with one attached hydrogen (secondary N) is 1. The summed E-state index contributed by atoms with van der Waals surface area (Å²) in [6, 6.07) is 21.8. The van der Waals surface area contributed by atoms with Crippen LogP contribution < -0.4 is 5.32 Å². The Labute approximate surface area is 182 Å². The normalized spacial score (nSPS) is 10.4. The molecule has 32 heavy (non-hydrogen) atoms. The van der Waals surface area contributed by atoms with Crippen LogP contribution in [0.5, 0.6) is 0 Å². The average molecular weight is 427 g/mol. The number of carbonyl (C=O) groups is 3. The van der Waals surface area contributed by atoms with Gasteiger partial charge < -0.3 is 10.1 Å². The van der Waals surface area contributed by atoms with Gasteiger partial charge in [0, 0.05) is 11.1 Å². The molecule has 3 aromatic carbocycles. The highest BCUT2D eigenvalue weighted by Crippen LogP contribution is 2.19. The summed E-state index contributed by atoms with van der Waals surface area (Å²) in [7, 11) is 0. The van der Waals surface area contributed by atoms with Crippen LogP contribution in [0.4, 0.5) is 5.69 Å². The first-order valence-electron chi connectivity index (χ1n) is 9.61. The zero-order chi connectivity index (χ0) is 22.3. The van der Waals surface area contributed by atoms with E-state index >= 15 is 0 Å². The second-order valence-electron chi connectivity index (χ2n) is 6.67. The fourth-order valence-electron chi connectivity index (χ4n) is 2.97. The zero-order valence-corrected chi connectivity index (χ0v) is 16.7. The van der Waals surface area contributed by atoms with E-state index in [0.717, 1.165) is 0 Å². The topological polar surface area (TPSA) is 116 Å². The molecule has 158 valence electrons. The highest BCUT2D eigenvalue weighted by molar-refractivity contribution is 6.14. The molecule has 4 rings (SSSR count). The Morgan fingerprint density at radius 2 is 1.56 bits per heavy atom. The number of ketones is 1. The first kappa shape index (κ1) is 20.6. The van der Waals surface area contributed by atoms with E-state index in [2.05, 4.69) is 20.8 Å². The SMILES string of the molecule is O=C(COC(=O)c1ccc(-n2cnnn2)cc1)Nc1ccccc1C(=O)c1ccccc1. The minimum atomic E-state index is -0.655. The predicted molar refractivity (Wildman–Crippen MR) is 114 cm³/mol. The number of tetrazole rings is 1. The number of para-hydroxylation sites is 1. The van der Waals surface area contributed by atoms with Crippen molar-refractivity contribution in [2.24, 2.45) is 0 Å². The molecule has 0 bridgehead atoms. The van der Waals surface area contributed by atoms with Gasteiger partial charge in [-0.25, -0.2) is 9.48 Å². The van der Waals surface area contributed by atoms with Crippen molar-refractivity contribution in [2.75, 3.05) is 11.9 Å². The lowest BCUT2D eigenvalue weighted by molar-refractivity contribution is -0.119. The van der Waals surface area contributed by atoms with Crippen molar-refractivity contribution in [3.05, 3.63) is 102 Å². The van der Waals surface area contributed by atoms with Gasteiger partial charge in [-0.3, -0.25) is 9.59 Å². The number of esters is 1. The lowest BCUT2D eigenvalue weighted by Crippen LogP contribution is -2.22. The van der Waals surface area contributed by atoms with Crippen LogP contribution in [0.25, 0.3) is 5.69 Å². The van der Waals surface area contributed by atoms with Gasteiger partial charge in [-0.15, -0.1) is 5.10 Å². The largest absolute Gasteiger partial charge is 0.452 e. The van der Waals surface area contributed by atoms with Gasteiger partial charge in [0.05, 0.1) is 16.9 Å². The van der Waals surface area contributed by atoms with Crippen molar-refractivity contribution in [3.8, 4) is 5.69 Å². The molecule has 0 aliphatic heterocycles. The maximum atomic E-state index is 12.8. The van der Waals surface area contributed by atoms with Crippen LogP contribution in [0.15, 0.2) is 85.2 Å². The fraction of sp³-hybridized carbons (Fsp3) is 0.0435. The Balaban J connectivity index is 1.37. The summed E-state index contributed by atoms with van der Waals surface area (Å²) in [4.78, 5) is 37.4. The smallest absolute Gasteiger partial charge is 0.338 e. The van der Waals surface area contributed by atoms with Crippen LogP contribution in [-0.2, 0) is 9.53 Å². The van der Waals surface area contributed by atoms with E-state index < -0.39 is 18.5 Å². The number of nitrogens with zero attached hydrogens (tertiary/aromatic N) is 4. The van der Waals surface area contributed by atoms with Crippen LogP contribution in [0.3, 0.4) is 0 Å². The number of carbonyl (C=O) groups excluding carboxylic acids is 3. The van der Waals surface area contributed by atoms with E-state index in [0.29, 0.717) is 22.5 Å². The van der Waals surface area contributed by atoms with E-state index in [1.165, 1.54) is 11.0 Å². The molecule has 0 saturated carbocycles. The fourth-order valence-corrected chi connectivity index (χ4v) is 2.97. The Bertz CT molecular complexity index is 1240. The molecule has 0 spiro atoms. The lowest BCUT2D eigenvalue weighted by Gasteiger charge is -2.11. The van der Waals surface area contributed by atoms with Gasteiger partial charge in [0.2, 0.25) is 0 Å². The summed E-state index contributed by atoms with van der Waals surface area (Å²) < 4.78 is 6.54. The first-order valence-corrected chi connectivity index (χ1v) is 9.61. The van der Waals surface area contributed by atoms with Crippen LogP contribution in [0.1, 0.15) is 26.3 Å². The van der Waals surface area contributed by atoms with Crippen molar-refractivity contribution < 1.29 is 19.1 Å². The highest BCUT2D eigenvalue weighted by atomic mass is 16.5. The van der Waals surface area contributed by atoms with Gasteiger partial charge in [-0.05, 0) is 46.8 Å². The van der Waals surface area contributed by atoms with Crippen LogP contribution >= 0.6 is 0 Å². The summed E-state index contributed by atoms with van der Waals surface area (Å²) in [6.45, 7) is -0.499. The quantitative estimate of drug-likeness (QED) is 0.356. The zero-order valence-electron chi connectivity index (χ0n) is 16.7. The number of benzene rings is 3. The average Bonchev–Trinajstić information content (AvgIpc) is 3.38. The molecule has 0 atom stereocenters. The maximum absolute atomic E-state index is 12.8. The molecule has 4 aromatic rings. The molecular weight excluding hydrogens is 410 g/mol. The standard InChI is InChI=1S/C23H17N5O4/c29-21(14-32-23(31)17-10-12-18(13-11-17)28-15-24-26-27-28)25-20-9-5-4-8-19(20)22(30)16-6-2-1-3-7-16/h1-13,15H,14H2,(H,25,29). The minimum absolute atomic E-state index is 0.221. The second-order valence-corrected chi connectivity index (χ2v) is 6.67. The summed E-state index contributed by atoms with van der Waals surface area (Å²) in [5.74, 6) is -1.43. The third kappa shape index (κ3) is 4.73. The first-order chi connectivity index (χ1) is 15.6. The summed E-state index contributed by atoms with van der Waals surface area (Å²) in [5.41, 5.74) is 2.13. The molecule has 1 heterocycles. The Hall–Kier alpha value is -4.66. The van der Waals surface area contributed by atoms with Crippen LogP contribution in [0, 0.1) is 0 Å². The monoisotopic (exact) mass is 427 g/mol. The molecule has 1 aromatic heterocycles. The van der Waals surface area contributed by atoms with Gasteiger partial charge in [0.25, 0.3) is 5.91 Å². The van der Waals surface area contributed by atoms with Gasteiger partial charge >= 0.3 is 5.97 Å². The lowest BCUT2D eigenvalue weighted by atomic mass is 10.0. The molecule has 0 fully saturated rings. The second kappa shape index (κ2) is 9.43. The van der Waals surface area contributed by atoms with Gasteiger partial charge in [0.1, 0.15) is 6.33 Å². The third-order valence-electron chi connectivity index (χ3n) is 4.53. The molecule has 0 radical (unpaired) electrons. The van der Waals surface area contributed by atoms with Crippen LogP contribution in [0.2, 0.25) is 0 Å². The van der Waals surface area contributed by atoms with Gasteiger partial charge in [-0.2, -0.15) is 0 Å². The molecule has 9 heteroatoms. The Kier molecular flexibility index (Phi) is 6.08. The number of rotatable bonds is 7. The van der Waals surface area contributed by atoms with Crippen molar-refractivity contribution in [1.29, 1.82) is 0 Å². The number of anilines is 1. The summed E-state index contributed by atoms with van der Waals surface area (Å²) in [6.07, 6.45) is 1.43. The minimum Gasteiger partial charge on any atom is -0.452 e. The van der Waals surface area contributed by atoms with E-state index in [1.807, 2.05) is 6.07 Å². The van der Waals surface area contributed by atoms with Crippen molar-refractivity contribution in [3.63, 3.8) is 0 Å². The third-order valence-corrected chi connectivity index (χ3v) is 4.53. The number of aromatic nitrogens is 4. The van der Waals surface area contributed by atoms with E-state index in [9.17, 15) is 14.4 Å². The summed E-state index contributed by atoms with van der Waals surface area (Å²) in [5, 5.41) is 13.5. The van der Waals surface area contributed by atoms with Gasteiger partial charge in [-0.1, -0.05) is 42.5 Å². The van der Waals surface area contributed by atoms with E-state index in [-0.39, 0.29) is 11.3 Å². The predicted octanol–water partition coefficient (Wildman–Crippen LogP) is 2.69. The van der Waals surface area contributed by atoms with E-state index in [4.69, 9.17) is 4.74 Å². The molecular formula is C23H17N5O4. The molecule has 1 N–H and O–H groups in total. The molecule has 0 aliphatic rings. The number of hydrogen-bond acceptors (Lipinski definition) is 7. The van der Waals surface area contributed by atoms with Crippen LogP contribution in [-0.4, -0.2) is 44.5 Å². The Morgan fingerprint density at radius 3 is 2.28 bits per heavy atom. The van der Waals surface area contributed by atoms with Crippen molar-refractivity contribution in [2.45, 2.75) is 0 Å². The maximum Gasteiger partial charge on any atom is 0.338 e. The number of hydrogen-bond donors (Lipinski definition) is 1. The Morgan fingerprint density at radius 1 is 0.844 bits per heavy atom. The molecule has 0 unspecified atom stereocenters. The van der Waals surface area contributed by atoms with Crippen molar-refractivity contribution >= 4 is 23.3 Å². The highest BCUT2D eigenvalue weighted by Gasteiger charge is 2.16. The number of ether oxygens (including phenoxy) is 1. The van der Waals surface area contributed by atoms with Gasteiger partial charge in [0.15, 0.2) is 12.4 Å².